The van der Waals surface area contributed by atoms with Gasteiger partial charge in [0.25, 0.3) is 0 Å². The number of rotatable bonds is 6. The van der Waals surface area contributed by atoms with Crippen molar-refractivity contribution in [1.82, 2.24) is 24.5 Å². The number of hydrogen-bond acceptors (Lipinski definition) is 19. The van der Waals surface area contributed by atoms with E-state index in [4.69, 9.17) is 56.3 Å². The third-order valence-electron chi connectivity index (χ3n) is 12.9. The highest BCUT2D eigenvalue weighted by Crippen LogP contribution is 2.25. The predicted octanol–water partition coefficient (Wildman–Crippen LogP) is 12.0. The number of carbonyl (C=O) groups is 6. The number of piperidine rings is 5. The highest BCUT2D eigenvalue weighted by molar-refractivity contribution is 5.89. The molecule has 0 aliphatic carbocycles. The van der Waals surface area contributed by atoms with Gasteiger partial charge in [-0.3, -0.25) is 0 Å². The van der Waals surface area contributed by atoms with Crippen molar-refractivity contribution in [2.45, 2.75) is 234 Å². The van der Waals surface area contributed by atoms with Gasteiger partial charge in [-0.05, 0) is 182 Å². The van der Waals surface area contributed by atoms with Crippen LogP contribution in [0.1, 0.15) is 168 Å². The molecule has 518 valence electrons. The van der Waals surface area contributed by atoms with E-state index >= 15 is 0 Å². The van der Waals surface area contributed by atoms with Gasteiger partial charge in [-0.2, -0.15) is 0 Å². The van der Waals surface area contributed by atoms with Gasteiger partial charge in [-0.25, -0.2) is 28.8 Å². The van der Waals surface area contributed by atoms with Crippen LogP contribution in [0.4, 0.5) is 24.0 Å². The van der Waals surface area contributed by atoms with Crippen LogP contribution in [0, 0.1) is 11.8 Å². The van der Waals surface area contributed by atoms with Crippen molar-refractivity contribution in [2.75, 3.05) is 65.4 Å². The fourth-order valence-corrected chi connectivity index (χ4v) is 9.72. The second kappa shape index (κ2) is 37.6. The molecule has 1 aromatic rings. The number of aliphatic hydroxyl groups is 2. The van der Waals surface area contributed by atoms with Crippen LogP contribution in [0.5, 0.6) is 0 Å². The van der Waals surface area contributed by atoms with E-state index in [9.17, 15) is 39.0 Å². The molecule has 10 atom stereocenters. The third-order valence-corrected chi connectivity index (χ3v) is 12.9. The Hall–Kier alpha value is -7.84. The molecule has 4 N–H and O–H groups in total. The summed E-state index contributed by atoms with van der Waals surface area (Å²) in [5.74, 6) is 0.310. The zero-order chi connectivity index (χ0) is 69.2. The summed E-state index contributed by atoms with van der Waals surface area (Å²) in [5, 5.41) is 33.6. The summed E-state index contributed by atoms with van der Waals surface area (Å²) in [4.78, 5) is 90.2. The Bertz CT molecular complexity index is 2560. The maximum absolute atomic E-state index is 12.3. The van der Waals surface area contributed by atoms with Crippen molar-refractivity contribution >= 4 is 36.4 Å². The summed E-state index contributed by atoms with van der Waals surface area (Å²) in [7, 11) is 0. The van der Waals surface area contributed by atoms with Gasteiger partial charge in [-0.1, -0.05) is 59.9 Å². The fourth-order valence-electron chi connectivity index (χ4n) is 9.72. The Morgan fingerprint density at radius 3 is 1.03 bits per heavy atom. The number of ether oxygens (including phenoxy) is 6. The van der Waals surface area contributed by atoms with E-state index in [-0.39, 0.29) is 71.0 Å². The predicted molar refractivity (Wildman–Crippen MR) is 345 cm³/mol. The molecule has 0 spiro atoms. The fraction of sp³-hybridized carbons (Fsp3) is 0.800. The molecule has 0 saturated carbocycles. The van der Waals surface area contributed by atoms with Crippen LogP contribution < -0.4 is 5.73 Å². The normalized spacial score (nSPS) is 23.9. The summed E-state index contributed by atoms with van der Waals surface area (Å²) < 4.78 is 31.8. The Kier molecular flexibility index (Phi) is 33.6. The molecule has 5 aliphatic heterocycles. The number of nitrogens with zero attached hydrogens (tertiary/aromatic N) is 17. The van der Waals surface area contributed by atoms with Gasteiger partial charge >= 0.3 is 36.4 Å². The van der Waals surface area contributed by atoms with E-state index in [1.165, 1.54) is 14.7 Å². The maximum Gasteiger partial charge on any atom is 0.410 e. The number of β-amino-alcohol motifs (C(OH)–C–C–N with tert-alkyl or cyclic N) is 2. The number of azide groups is 4. The van der Waals surface area contributed by atoms with E-state index in [0.717, 1.165) is 19.4 Å². The highest BCUT2D eigenvalue weighted by atomic mass is 16.6. The molecule has 92 heavy (non-hydrogen) atoms. The lowest BCUT2D eigenvalue weighted by atomic mass is 9.97. The molecule has 5 aliphatic rings. The minimum absolute atomic E-state index is 0. The molecule has 5 fully saturated rings. The first kappa shape index (κ1) is 82.2. The van der Waals surface area contributed by atoms with Crippen LogP contribution in [-0.4, -0.2) is 213 Å². The van der Waals surface area contributed by atoms with Crippen LogP contribution >= 0.6 is 0 Å². The molecule has 0 unspecified atom stereocenters. The van der Waals surface area contributed by atoms with E-state index in [1.807, 2.05) is 48.5 Å². The molecular weight excluding hydrogens is 1200 g/mol. The lowest BCUT2D eigenvalue weighted by Gasteiger charge is -2.36. The van der Waals surface area contributed by atoms with Crippen molar-refractivity contribution in [1.29, 1.82) is 0 Å². The van der Waals surface area contributed by atoms with Crippen molar-refractivity contribution in [2.24, 2.45) is 38.0 Å². The molecule has 5 heterocycles. The lowest BCUT2D eigenvalue weighted by Crippen LogP contribution is -2.50. The highest BCUT2D eigenvalue weighted by Gasteiger charge is 2.37. The topological polar surface area (TPSA) is 436 Å². The van der Waals surface area contributed by atoms with Gasteiger partial charge in [0.2, 0.25) is 0 Å². The van der Waals surface area contributed by atoms with E-state index in [1.54, 1.807) is 102 Å². The number of nitrogens with two attached hydrogens (primary N) is 1. The van der Waals surface area contributed by atoms with Gasteiger partial charge in [0, 0.05) is 84.6 Å². The minimum atomic E-state index is -0.674. The first-order valence-electron chi connectivity index (χ1n) is 30.4. The summed E-state index contributed by atoms with van der Waals surface area (Å²) in [6.07, 6.45) is -1.07. The first-order valence-corrected chi connectivity index (χ1v) is 30.4. The minimum Gasteiger partial charge on any atom is -0.457 e. The van der Waals surface area contributed by atoms with Crippen molar-refractivity contribution in [3.8, 4) is 0 Å². The second-order valence-electron chi connectivity index (χ2n) is 28.2. The summed E-state index contributed by atoms with van der Waals surface area (Å²) in [5.41, 5.74) is 37.4. The molecule has 5 saturated heterocycles. The Morgan fingerprint density at radius 2 is 0.717 bits per heavy atom. The van der Waals surface area contributed by atoms with Crippen LogP contribution in [0.25, 0.3) is 41.8 Å². The lowest BCUT2D eigenvalue weighted by molar-refractivity contribution is -0.0148. The van der Waals surface area contributed by atoms with Crippen LogP contribution in [0.3, 0.4) is 0 Å². The van der Waals surface area contributed by atoms with Gasteiger partial charge in [0.1, 0.15) is 34.1 Å². The van der Waals surface area contributed by atoms with Gasteiger partial charge in [0.05, 0.1) is 48.5 Å². The van der Waals surface area contributed by atoms with Gasteiger partial charge < -0.3 is 68.9 Å². The van der Waals surface area contributed by atoms with Crippen LogP contribution in [-0.2, 0) is 28.4 Å². The number of hydrogen-bond donors (Lipinski definition) is 3. The molecular formula is C60H104N18O14. The summed E-state index contributed by atoms with van der Waals surface area (Å²) in [6, 6.07) is 7.29. The van der Waals surface area contributed by atoms with Gasteiger partial charge in [-0.15, -0.1) is 0 Å². The van der Waals surface area contributed by atoms with Gasteiger partial charge in [0.15, 0.2) is 0 Å². The molecule has 0 bridgehead atoms. The Labute approximate surface area is 541 Å². The number of carbonyl (C=O) groups excluding carboxylic acids is 6. The second-order valence-corrected chi connectivity index (χ2v) is 28.2. The Morgan fingerprint density at radius 1 is 0.435 bits per heavy atom. The molecule has 32 nitrogen and oxygen atoms in total. The van der Waals surface area contributed by atoms with E-state index in [2.05, 4.69) is 47.0 Å². The smallest absolute Gasteiger partial charge is 0.410 e. The number of benzene rings is 1. The number of amides is 5. The monoisotopic (exact) mass is 1300 g/mol. The summed E-state index contributed by atoms with van der Waals surface area (Å²) >= 11 is 0. The van der Waals surface area contributed by atoms with Crippen molar-refractivity contribution in [3.05, 3.63) is 77.7 Å². The summed E-state index contributed by atoms with van der Waals surface area (Å²) in [6.45, 7) is 35.1. The van der Waals surface area contributed by atoms with E-state index in [0.29, 0.717) is 56.3 Å². The van der Waals surface area contributed by atoms with Crippen molar-refractivity contribution < 1.29 is 67.4 Å². The maximum atomic E-state index is 12.3. The van der Waals surface area contributed by atoms with Crippen LogP contribution in [0.2, 0.25) is 0 Å². The zero-order valence-electron chi connectivity index (χ0n) is 56.2. The van der Waals surface area contributed by atoms with Crippen LogP contribution in [0.15, 0.2) is 50.8 Å². The first-order chi connectivity index (χ1) is 42.0. The third kappa shape index (κ3) is 34.5. The molecule has 0 aromatic heterocycles. The largest absolute Gasteiger partial charge is 0.457 e. The molecule has 6 rings (SSSR count). The molecule has 32 heteroatoms. The average Bonchev–Trinajstić information content (AvgIpc) is 0.913. The standard InChI is InChI=1S/C17H22N4O4.C11H20N4O2.C11H22N2O2.2C10H18N4O3.CH4/c1-17(2,3)25-16(23)21-10-13(19-20-18)9-14(11-21)24-15(22)12-7-5-4-6-8-12;1-8-5-9(13-14-12)7-15(6-8)10(16)17-11(2,3)4;1-8-5-9(12)7-13(6-8)10(14)15-11(2,3)4;2*1-10(2,3)17-9(16)14-5-7(12-13-11)4-8(15)6-14;/h4-8,13-14H,9-11H2,1-3H3;8-9H,5-7H2,1-4H3;8-9H,5-7,12H2,1-4H3;2*7-8,15H,4-6H2,1-3H3;1H4/t13-,14+;2*8-,9+;7-,8+;7-,8-;/m10011./s1. The molecule has 0 radical (unpaired) electrons. The number of aliphatic hydroxyl groups excluding tert-OH is 2. The molecule has 1 aromatic carbocycles. The molecule has 5 amide bonds. The SMILES string of the molecule is C.CC(C)(C)OC(=O)N1C[C@@H](O)C[C@@H](N=[N+]=[N-])C1.CC(C)(C)OC(=O)N1C[C@H](N=[N+]=[N-])C[C@H](OC(=O)c2ccccc2)C1.CC(C)(C)OC(=O)N1C[C@H](O)C[C@@H](N=[N+]=[N-])C1.C[C@H]1C[C@@H](N)CN(C(=O)OC(C)(C)C)C1.C[C@H]1C[C@@H](N=[N+]=[N-])CN(C(=O)OC(C)(C)C)C1. The quantitative estimate of drug-likeness (QED) is 0.0783. The number of esters is 1. The zero-order valence-corrected chi connectivity index (χ0v) is 56.2. The average molecular weight is 1300 g/mol. The number of likely N-dealkylation sites (tertiary alicyclic amines) is 5. The Balaban J connectivity index is 0.000000581. The van der Waals surface area contributed by atoms with Crippen molar-refractivity contribution in [3.63, 3.8) is 0 Å². The van der Waals surface area contributed by atoms with E-state index < -0.39 is 88.7 Å².